The van der Waals surface area contributed by atoms with Crippen molar-refractivity contribution in [3.63, 3.8) is 0 Å². The monoisotopic (exact) mass is 205 g/mol. The number of ether oxygens (including phenoxy) is 1. The maximum atomic E-state index is 11.4. The Bertz CT molecular complexity index is 405. The highest BCUT2D eigenvalue weighted by atomic mass is 16.6. The van der Waals surface area contributed by atoms with Crippen LogP contribution in [0.15, 0.2) is 18.2 Å². The molecule has 0 aliphatic heterocycles. The van der Waals surface area contributed by atoms with Crippen molar-refractivity contribution in [2.75, 3.05) is 6.61 Å². The molecule has 1 aromatic carbocycles. The lowest BCUT2D eigenvalue weighted by Crippen LogP contribution is -2.20. The zero-order valence-corrected chi connectivity index (χ0v) is 8.10. The summed E-state index contributed by atoms with van der Waals surface area (Å²) in [7, 11) is 5.49. The van der Waals surface area contributed by atoms with Crippen LogP contribution in [0.25, 0.3) is 0 Å². The van der Waals surface area contributed by atoms with Gasteiger partial charge in [-0.05, 0) is 6.92 Å². The predicted molar refractivity (Wildman–Crippen MR) is 54.4 cm³/mol. The number of carbonyl (C=O) groups excluding carboxylic acids is 1. The van der Waals surface area contributed by atoms with Crippen LogP contribution in [0.1, 0.15) is 17.3 Å². The lowest BCUT2D eigenvalue weighted by atomic mass is 9.89. The third-order valence-corrected chi connectivity index (χ3v) is 1.75. The van der Waals surface area contributed by atoms with E-state index in [-0.39, 0.29) is 23.3 Å². The molecular formula is C9H8BNO4. The van der Waals surface area contributed by atoms with Gasteiger partial charge in [0.25, 0.3) is 5.69 Å². The van der Waals surface area contributed by atoms with Crippen LogP contribution in [0.4, 0.5) is 5.69 Å². The van der Waals surface area contributed by atoms with E-state index < -0.39 is 10.9 Å². The topological polar surface area (TPSA) is 69.4 Å². The van der Waals surface area contributed by atoms with Crippen LogP contribution in [-0.4, -0.2) is 25.3 Å². The van der Waals surface area contributed by atoms with Crippen molar-refractivity contribution in [3.8, 4) is 0 Å². The average molecular weight is 205 g/mol. The van der Waals surface area contributed by atoms with Gasteiger partial charge in [-0.2, -0.15) is 0 Å². The van der Waals surface area contributed by atoms with Crippen molar-refractivity contribution >= 4 is 25.0 Å². The predicted octanol–water partition coefficient (Wildman–Crippen LogP) is 0.565. The highest BCUT2D eigenvalue weighted by Crippen LogP contribution is 2.16. The molecule has 0 saturated carbocycles. The minimum absolute atomic E-state index is 0.0441. The molecule has 76 valence electrons. The van der Waals surface area contributed by atoms with Gasteiger partial charge in [-0.3, -0.25) is 10.1 Å². The van der Waals surface area contributed by atoms with Gasteiger partial charge in [0.1, 0.15) is 13.4 Å². The molecule has 0 aromatic heterocycles. The van der Waals surface area contributed by atoms with Crippen molar-refractivity contribution in [2.24, 2.45) is 0 Å². The van der Waals surface area contributed by atoms with Crippen LogP contribution in [0.3, 0.4) is 0 Å². The van der Waals surface area contributed by atoms with Crippen molar-refractivity contribution in [3.05, 3.63) is 33.9 Å². The summed E-state index contributed by atoms with van der Waals surface area (Å²) in [5.41, 5.74) is -0.486. The van der Waals surface area contributed by atoms with Gasteiger partial charge in [-0.1, -0.05) is 17.6 Å². The van der Waals surface area contributed by atoms with Crippen LogP contribution >= 0.6 is 0 Å². The van der Waals surface area contributed by atoms with Gasteiger partial charge < -0.3 is 4.74 Å². The zero-order chi connectivity index (χ0) is 11.4. The Morgan fingerprint density at radius 2 is 2.27 bits per heavy atom. The van der Waals surface area contributed by atoms with Crippen LogP contribution in [-0.2, 0) is 4.74 Å². The standard InChI is InChI=1S/C9H8BNO4/c1-2-15-9(12)8-6(10)4-3-5-7(8)11(13)14/h3-5H,2H2,1H3. The Kier molecular flexibility index (Phi) is 3.44. The van der Waals surface area contributed by atoms with Crippen LogP contribution in [0, 0.1) is 10.1 Å². The molecule has 0 heterocycles. The van der Waals surface area contributed by atoms with Gasteiger partial charge in [0.05, 0.1) is 11.5 Å². The number of esters is 1. The summed E-state index contributed by atoms with van der Waals surface area (Å²) in [5.74, 6) is -0.776. The van der Waals surface area contributed by atoms with Gasteiger partial charge in [0.2, 0.25) is 0 Å². The van der Waals surface area contributed by atoms with Gasteiger partial charge in [-0.15, -0.1) is 0 Å². The fourth-order valence-corrected chi connectivity index (χ4v) is 1.14. The Morgan fingerprint density at radius 3 is 2.80 bits per heavy atom. The summed E-state index contributed by atoms with van der Waals surface area (Å²) in [6.07, 6.45) is 0. The summed E-state index contributed by atoms with van der Waals surface area (Å²) in [4.78, 5) is 21.3. The summed E-state index contributed by atoms with van der Waals surface area (Å²) in [6.45, 7) is 1.76. The zero-order valence-electron chi connectivity index (χ0n) is 8.10. The van der Waals surface area contributed by atoms with E-state index in [0.717, 1.165) is 0 Å². The number of nitrogens with zero attached hydrogens (tertiary/aromatic N) is 1. The Balaban J connectivity index is 3.24. The number of carbonyl (C=O) groups is 1. The normalized spacial score (nSPS) is 9.67. The summed E-state index contributed by atoms with van der Waals surface area (Å²) < 4.78 is 4.68. The van der Waals surface area contributed by atoms with E-state index in [2.05, 4.69) is 4.74 Å². The maximum absolute atomic E-state index is 11.4. The summed E-state index contributed by atoms with van der Waals surface area (Å²) >= 11 is 0. The van der Waals surface area contributed by atoms with Crippen LogP contribution < -0.4 is 5.46 Å². The van der Waals surface area contributed by atoms with E-state index in [1.165, 1.54) is 18.2 Å². The second kappa shape index (κ2) is 4.59. The second-order valence-corrected chi connectivity index (χ2v) is 2.72. The number of nitro benzene ring substituents is 1. The summed E-state index contributed by atoms with van der Waals surface area (Å²) in [5, 5.41) is 10.6. The second-order valence-electron chi connectivity index (χ2n) is 2.72. The van der Waals surface area contributed by atoms with Crippen molar-refractivity contribution in [2.45, 2.75) is 6.92 Å². The first-order valence-electron chi connectivity index (χ1n) is 4.28. The first-order chi connectivity index (χ1) is 7.07. The molecule has 0 saturated heterocycles. The minimum Gasteiger partial charge on any atom is -0.462 e. The van der Waals surface area contributed by atoms with Crippen molar-refractivity contribution in [1.82, 2.24) is 0 Å². The maximum Gasteiger partial charge on any atom is 0.344 e. The quantitative estimate of drug-likeness (QED) is 0.313. The smallest absolute Gasteiger partial charge is 0.344 e. The first kappa shape index (κ1) is 11.2. The Hall–Kier alpha value is -1.85. The number of hydrogen-bond acceptors (Lipinski definition) is 4. The first-order valence-corrected chi connectivity index (χ1v) is 4.28. The molecule has 15 heavy (non-hydrogen) atoms. The Morgan fingerprint density at radius 1 is 1.60 bits per heavy atom. The molecule has 6 heteroatoms. The fourth-order valence-electron chi connectivity index (χ4n) is 1.14. The number of rotatable bonds is 3. The molecule has 0 N–H and O–H groups in total. The molecule has 5 nitrogen and oxygen atoms in total. The van der Waals surface area contributed by atoms with Crippen LogP contribution in [0.2, 0.25) is 0 Å². The lowest BCUT2D eigenvalue weighted by Gasteiger charge is -2.05. The molecule has 0 unspecified atom stereocenters. The SMILES string of the molecule is [B]c1cccc([N+](=O)[O-])c1C(=O)OCC. The van der Waals surface area contributed by atoms with Gasteiger partial charge >= 0.3 is 5.97 Å². The molecule has 1 aromatic rings. The number of nitro groups is 1. The van der Waals surface area contributed by atoms with E-state index in [1.807, 2.05) is 0 Å². The molecule has 0 fully saturated rings. The van der Waals surface area contributed by atoms with E-state index in [0.29, 0.717) is 0 Å². The third kappa shape index (κ3) is 2.34. The van der Waals surface area contributed by atoms with E-state index in [1.54, 1.807) is 6.92 Å². The molecule has 0 atom stereocenters. The van der Waals surface area contributed by atoms with Crippen LogP contribution in [0.5, 0.6) is 0 Å². The molecule has 0 spiro atoms. The lowest BCUT2D eigenvalue weighted by molar-refractivity contribution is -0.385. The Labute approximate surface area is 87.6 Å². The highest BCUT2D eigenvalue weighted by Gasteiger charge is 2.22. The minimum atomic E-state index is -0.776. The average Bonchev–Trinajstić information content (AvgIpc) is 2.17. The number of benzene rings is 1. The molecule has 2 radical (unpaired) electrons. The molecule has 0 aliphatic rings. The molecular weight excluding hydrogens is 197 g/mol. The third-order valence-electron chi connectivity index (χ3n) is 1.75. The van der Waals surface area contributed by atoms with Crippen molar-refractivity contribution < 1.29 is 14.5 Å². The molecule has 0 aliphatic carbocycles. The van der Waals surface area contributed by atoms with Gasteiger partial charge in [0, 0.05) is 6.07 Å². The largest absolute Gasteiger partial charge is 0.462 e. The summed E-state index contributed by atoms with van der Waals surface area (Å²) in [6, 6.07) is 4.04. The highest BCUT2D eigenvalue weighted by molar-refractivity contribution is 6.36. The van der Waals surface area contributed by atoms with E-state index in [4.69, 9.17) is 7.85 Å². The van der Waals surface area contributed by atoms with Gasteiger partial charge in [0.15, 0.2) is 0 Å². The fraction of sp³-hybridized carbons (Fsp3) is 0.222. The molecule has 0 bridgehead atoms. The van der Waals surface area contributed by atoms with E-state index in [9.17, 15) is 14.9 Å². The molecule has 0 amide bonds. The van der Waals surface area contributed by atoms with Gasteiger partial charge in [-0.25, -0.2) is 4.79 Å². The van der Waals surface area contributed by atoms with E-state index >= 15 is 0 Å². The number of hydrogen-bond donors (Lipinski definition) is 0. The molecule has 1 rings (SSSR count). The van der Waals surface area contributed by atoms with Crippen molar-refractivity contribution in [1.29, 1.82) is 0 Å².